The smallest absolute Gasteiger partial charge is 0.270 e. The van der Waals surface area contributed by atoms with Crippen LogP contribution in [0.4, 0.5) is 0 Å². The molecule has 0 saturated carbocycles. The van der Waals surface area contributed by atoms with Gasteiger partial charge in [-0.25, -0.2) is 9.66 Å². The average Bonchev–Trinajstić information content (AvgIpc) is 2.24. The molecule has 0 spiro atoms. The SMILES string of the molecule is CNn1c(C)nc(Br)c1C(N)=O. The van der Waals surface area contributed by atoms with Gasteiger partial charge in [-0.1, -0.05) is 0 Å². The first-order valence-electron chi connectivity index (χ1n) is 3.30. The normalized spacial score (nSPS) is 9.92. The summed E-state index contributed by atoms with van der Waals surface area (Å²) < 4.78 is 1.98. The summed E-state index contributed by atoms with van der Waals surface area (Å²) in [4.78, 5) is 14.9. The predicted octanol–water partition coefficient (Wildman–Crippen LogP) is 0.226. The summed E-state index contributed by atoms with van der Waals surface area (Å²) in [5.41, 5.74) is 8.25. The van der Waals surface area contributed by atoms with E-state index in [9.17, 15) is 4.79 Å². The van der Waals surface area contributed by atoms with Crippen molar-refractivity contribution in [3.8, 4) is 0 Å². The predicted molar refractivity (Wildman–Crippen MR) is 48.5 cm³/mol. The number of hydrogen-bond donors (Lipinski definition) is 2. The Balaban J connectivity index is 3.32. The quantitative estimate of drug-likeness (QED) is 0.767. The molecule has 0 radical (unpaired) electrons. The van der Waals surface area contributed by atoms with Crippen molar-refractivity contribution < 1.29 is 4.79 Å². The molecule has 6 heteroatoms. The van der Waals surface area contributed by atoms with Crippen LogP contribution < -0.4 is 11.2 Å². The zero-order valence-electron chi connectivity index (χ0n) is 6.76. The number of carbonyl (C=O) groups excluding carboxylic acids is 1. The minimum atomic E-state index is -0.517. The molecule has 0 fully saturated rings. The van der Waals surface area contributed by atoms with Gasteiger partial charge in [0.1, 0.15) is 10.4 Å². The second-order valence-electron chi connectivity index (χ2n) is 2.22. The van der Waals surface area contributed by atoms with Gasteiger partial charge in [-0.05, 0) is 22.9 Å². The number of primary amides is 1. The second-order valence-corrected chi connectivity index (χ2v) is 2.97. The first kappa shape index (κ1) is 9.05. The number of aryl methyl sites for hydroxylation is 1. The van der Waals surface area contributed by atoms with Crippen LogP contribution in [0.5, 0.6) is 0 Å². The van der Waals surface area contributed by atoms with Crippen molar-refractivity contribution in [2.24, 2.45) is 5.73 Å². The Morgan fingerprint density at radius 3 is 2.67 bits per heavy atom. The number of imidazole rings is 1. The maximum absolute atomic E-state index is 10.9. The molecule has 66 valence electrons. The van der Waals surface area contributed by atoms with E-state index < -0.39 is 5.91 Å². The highest BCUT2D eigenvalue weighted by molar-refractivity contribution is 9.10. The zero-order valence-corrected chi connectivity index (χ0v) is 8.34. The van der Waals surface area contributed by atoms with Gasteiger partial charge in [0.15, 0.2) is 5.69 Å². The zero-order chi connectivity index (χ0) is 9.30. The molecule has 1 amide bonds. The van der Waals surface area contributed by atoms with Gasteiger partial charge in [0, 0.05) is 7.05 Å². The fraction of sp³-hybridized carbons (Fsp3) is 0.333. The standard InChI is InChI=1S/C6H9BrN4O/c1-3-10-5(7)4(6(8)12)11(3)9-2/h9H,1-2H3,(H2,8,12). The van der Waals surface area contributed by atoms with Crippen molar-refractivity contribution in [1.29, 1.82) is 0 Å². The number of aromatic nitrogens is 2. The minimum absolute atomic E-state index is 0.329. The third-order valence-electron chi connectivity index (χ3n) is 1.46. The fourth-order valence-electron chi connectivity index (χ4n) is 0.985. The van der Waals surface area contributed by atoms with Crippen LogP contribution in [0.1, 0.15) is 16.3 Å². The van der Waals surface area contributed by atoms with E-state index in [2.05, 4.69) is 26.3 Å². The first-order valence-corrected chi connectivity index (χ1v) is 4.09. The number of nitrogens with two attached hydrogens (primary N) is 1. The molecule has 3 N–H and O–H groups in total. The van der Waals surface area contributed by atoms with Crippen molar-refractivity contribution >= 4 is 21.8 Å². The van der Waals surface area contributed by atoms with Crippen molar-refractivity contribution in [3.05, 3.63) is 16.1 Å². The highest BCUT2D eigenvalue weighted by atomic mass is 79.9. The summed E-state index contributed by atoms with van der Waals surface area (Å²) in [5, 5.41) is 0. The number of nitrogens with zero attached hydrogens (tertiary/aromatic N) is 2. The Bertz CT molecular complexity index is 320. The molecular formula is C6H9BrN4O. The van der Waals surface area contributed by atoms with Crippen molar-refractivity contribution in [1.82, 2.24) is 9.66 Å². The van der Waals surface area contributed by atoms with Crippen LogP contribution in [0, 0.1) is 6.92 Å². The monoisotopic (exact) mass is 232 g/mol. The van der Waals surface area contributed by atoms with E-state index in [1.54, 1.807) is 14.0 Å². The lowest BCUT2D eigenvalue weighted by atomic mass is 10.5. The molecule has 5 nitrogen and oxygen atoms in total. The van der Waals surface area contributed by atoms with Crippen LogP contribution in [0.3, 0.4) is 0 Å². The van der Waals surface area contributed by atoms with Crippen LogP contribution >= 0.6 is 15.9 Å². The molecule has 1 aromatic rings. The summed E-state index contributed by atoms with van der Waals surface area (Å²) in [7, 11) is 1.69. The van der Waals surface area contributed by atoms with Gasteiger partial charge < -0.3 is 11.2 Å². The van der Waals surface area contributed by atoms with E-state index >= 15 is 0 Å². The molecule has 0 aliphatic rings. The summed E-state index contributed by atoms with van der Waals surface area (Å²) in [6, 6.07) is 0. The van der Waals surface area contributed by atoms with Crippen molar-refractivity contribution in [3.63, 3.8) is 0 Å². The third kappa shape index (κ3) is 1.29. The topological polar surface area (TPSA) is 72.9 Å². The first-order chi connectivity index (χ1) is 5.57. The van der Waals surface area contributed by atoms with Crippen molar-refractivity contribution in [2.75, 3.05) is 12.5 Å². The molecule has 0 bridgehead atoms. The van der Waals surface area contributed by atoms with E-state index in [1.165, 1.54) is 4.68 Å². The Labute approximate surface area is 78.1 Å². The van der Waals surface area contributed by atoms with E-state index in [4.69, 9.17) is 5.73 Å². The molecule has 0 unspecified atom stereocenters. The lowest BCUT2D eigenvalue weighted by Crippen LogP contribution is -2.22. The molecule has 1 aromatic heterocycles. The molecular weight excluding hydrogens is 224 g/mol. The lowest BCUT2D eigenvalue weighted by molar-refractivity contribution is 0.0992. The molecule has 0 aliphatic carbocycles. The van der Waals surface area contributed by atoms with Gasteiger partial charge in [-0.15, -0.1) is 0 Å². The average molecular weight is 233 g/mol. The van der Waals surface area contributed by atoms with E-state index in [-0.39, 0.29) is 0 Å². The van der Waals surface area contributed by atoms with E-state index in [1.807, 2.05) is 0 Å². The number of rotatable bonds is 2. The molecule has 0 aromatic carbocycles. The lowest BCUT2D eigenvalue weighted by Gasteiger charge is -2.05. The largest absolute Gasteiger partial charge is 0.364 e. The van der Waals surface area contributed by atoms with Gasteiger partial charge in [-0.2, -0.15) is 0 Å². The van der Waals surface area contributed by atoms with Gasteiger partial charge in [-0.3, -0.25) is 4.79 Å². The van der Waals surface area contributed by atoms with Gasteiger partial charge in [0.2, 0.25) is 0 Å². The van der Waals surface area contributed by atoms with Gasteiger partial charge in [0.25, 0.3) is 5.91 Å². The number of carbonyl (C=O) groups is 1. The highest BCUT2D eigenvalue weighted by Crippen LogP contribution is 2.15. The molecule has 0 saturated heterocycles. The van der Waals surface area contributed by atoms with E-state index in [0.29, 0.717) is 16.1 Å². The maximum Gasteiger partial charge on any atom is 0.270 e. The van der Waals surface area contributed by atoms with Crippen molar-refractivity contribution in [2.45, 2.75) is 6.92 Å². The maximum atomic E-state index is 10.9. The van der Waals surface area contributed by atoms with Crippen LogP contribution in [0.2, 0.25) is 0 Å². The van der Waals surface area contributed by atoms with Gasteiger partial charge >= 0.3 is 0 Å². The number of hydrogen-bond acceptors (Lipinski definition) is 3. The highest BCUT2D eigenvalue weighted by Gasteiger charge is 2.16. The van der Waals surface area contributed by atoms with E-state index in [0.717, 1.165) is 0 Å². The number of halogens is 1. The van der Waals surface area contributed by atoms with Crippen LogP contribution in [-0.2, 0) is 0 Å². The molecule has 1 heterocycles. The Hall–Kier alpha value is -1.04. The molecule has 0 atom stereocenters. The van der Waals surface area contributed by atoms with Gasteiger partial charge in [0.05, 0.1) is 0 Å². The number of nitrogens with one attached hydrogen (secondary N) is 1. The third-order valence-corrected chi connectivity index (χ3v) is 2.01. The van der Waals surface area contributed by atoms with Crippen LogP contribution in [0.25, 0.3) is 0 Å². The Morgan fingerprint density at radius 2 is 2.33 bits per heavy atom. The summed E-state index contributed by atoms with van der Waals surface area (Å²) >= 11 is 3.14. The summed E-state index contributed by atoms with van der Waals surface area (Å²) in [6.07, 6.45) is 0. The molecule has 12 heavy (non-hydrogen) atoms. The second kappa shape index (κ2) is 3.14. The number of amides is 1. The Morgan fingerprint density at radius 1 is 1.75 bits per heavy atom. The summed E-state index contributed by atoms with van der Waals surface area (Å²) in [6.45, 7) is 1.77. The minimum Gasteiger partial charge on any atom is -0.364 e. The Kier molecular flexibility index (Phi) is 2.37. The molecule has 1 rings (SSSR count). The molecule has 0 aliphatic heterocycles. The van der Waals surface area contributed by atoms with Crippen LogP contribution in [0.15, 0.2) is 4.60 Å². The summed E-state index contributed by atoms with van der Waals surface area (Å²) in [5.74, 6) is 0.162. The fourth-order valence-corrected chi connectivity index (χ4v) is 1.61. The van der Waals surface area contributed by atoms with Crippen LogP contribution in [-0.4, -0.2) is 22.6 Å².